The molecule has 0 radical (unpaired) electrons. The lowest BCUT2D eigenvalue weighted by molar-refractivity contribution is -0.137. The summed E-state index contributed by atoms with van der Waals surface area (Å²) < 4.78 is 5.64. The molecule has 1 fully saturated rings. The Hall–Kier alpha value is -1.59. The summed E-state index contributed by atoms with van der Waals surface area (Å²) in [5, 5.41) is 9.11. The number of rotatable bonds is 6. The molecule has 1 heterocycles. The lowest BCUT2D eigenvalue weighted by Crippen LogP contribution is -2.46. The summed E-state index contributed by atoms with van der Waals surface area (Å²) in [4.78, 5) is 14.2. The van der Waals surface area contributed by atoms with Crippen LogP contribution in [-0.2, 0) is 11.3 Å². The second-order valence-electron chi connectivity index (χ2n) is 5.35. The van der Waals surface area contributed by atoms with Gasteiger partial charge in [-0.05, 0) is 31.7 Å². The van der Waals surface area contributed by atoms with E-state index in [2.05, 4.69) is 0 Å². The number of aliphatic hydroxyl groups is 1. The molecule has 5 heteroatoms. The molecule has 0 aliphatic carbocycles. The smallest absolute Gasteiger partial charge is 0.260 e. The first-order valence-corrected chi connectivity index (χ1v) is 7.57. The lowest BCUT2D eigenvalue weighted by atomic mass is 9.99. The quantitative estimate of drug-likeness (QED) is 0.828. The molecule has 21 heavy (non-hydrogen) atoms. The molecule has 2 rings (SSSR count). The number of nitrogens with two attached hydrogens (primary N) is 1. The van der Waals surface area contributed by atoms with E-state index in [1.807, 2.05) is 29.2 Å². The SMILES string of the molecule is NCc1ccccc1OCC(=O)N1CCCCC1CCO. The van der Waals surface area contributed by atoms with E-state index in [1.165, 1.54) is 0 Å². The maximum atomic E-state index is 12.3. The lowest BCUT2D eigenvalue weighted by Gasteiger charge is -2.35. The standard InChI is InChI=1S/C16H24N2O3/c17-11-13-5-1-2-7-15(13)21-12-16(20)18-9-4-3-6-14(18)8-10-19/h1-2,5,7,14,19H,3-4,6,8-12,17H2. The van der Waals surface area contributed by atoms with Gasteiger partial charge in [0.2, 0.25) is 0 Å². The predicted molar refractivity (Wildman–Crippen MR) is 80.9 cm³/mol. The molecule has 3 N–H and O–H groups in total. The summed E-state index contributed by atoms with van der Waals surface area (Å²) in [6.45, 7) is 1.29. The molecule has 0 bridgehead atoms. The average Bonchev–Trinajstić information content (AvgIpc) is 2.53. The second-order valence-corrected chi connectivity index (χ2v) is 5.35. The largest absolute Gasteiger partial charge is 0.483 e. The van der Waals surface area contributed by atoms with Crippen molar-refractivity contribution in [2.45, 2.75) is 38.3 Å². The number of para-hydroxylation sites is 1. The van der Waals surface area contributed by atoms with Gasteiger partial charge >= 0.3 is 0 Å². The van der Waals surface area contributed by atoms with E-state index in [9.17, 15) is 4.79 Å². The van der Waals surface area contributed by atoms with E-state index in [0.717, 1.165) is 31.4 Å². The van der Waals surface area contributed by atoms with Crippen LogP contribution in [0.2, 0.25) is 0 Å². The molecular formula is C16H24N2O3. The van der Waals surface area contributed by atoms with Crippen molar-refractivity contribution < 1.29 is 14.6 Å². The van der Waals surface area contributed by atoms with Crippen LogP contribution in [0.5, 0.6) is 5.75 Å². The van der Waals surface area contributed by atoms with Crippen LogP contribution < -0.4 is 10.5 Å². The topological polar surface area (TPSA) is 75.8 Å². The van der Waals surface area contributed by atoms with Crippen LogP contribution in [0.1, 0.15) is 31.2 Å². The molecule has 1 atom stereocenters. The molecule has 0 saturated carbocycles. The Morgan fingerprint density at radius 1 is 1.38 bits per heavy atom. The average molecular weight is 292 g/mol. The van der Waals surface area contributed by atoms with Gasteiger partial charge in [-0.15, -0.1) is 0 Å². The molecule has 1 aromatic rings. The normalized spacial score (nSPS) is 18.6. The monoisotopic (exact) mass is 292 g/mol. The molecule has 0 spiro atoms. The minimum Gasteiger partial charge on any atom is -0.483 e. The number of likely N-dealkylation sites (tertiary alicyclic amines) is 1. The highest BCUT2D eigenvalue weighted by Crippen LogP contribution is 2.21. The van der Waals surface area contributed by atoms with Crippen molar-refractivity contribution >= 4 is 5.91 Å². The van der Waals surface area contributed by atoms with Crippen LogP contribution in [0.4, 0.5) is 0 Å². The highest BCUT2D eigenvalue weighted by molar-refractivity contribution is 5.78. The van der Waals surface area contributed by atoms with Gasteiger partial charge < -0.3 is 20.5 Å². The first-order valence-electron chi connectivity index (χ1n) is 7.57. The Morgan fingerprint density at radius 3 is 2.95 bits per heavy atom. The van der Waals surface area contributed by atoms with Crippen LogP contribution in [0, 0.1) is 0 Å². The van der Waals surface area contributed by atoms with E-state index < -0.39 is 0 Å². The maximum Gasteiger partial charge on any atom is 0.260 e. The molecule has 0 aromatic heterocycles. The fraction of sp³-hybridized carbons (Fsp3) is 0.562. The van der Waals surface area contributed by atoms with E-state index in [1.54, 1.807) is 0 Å². The third-order valence-corrected chi connectivity index (χ3v) is 3.95. The van der Waals surface area contributed by atoms with E-state index in [-0.39, 0.29) is 25.2 Å². The predicted octanol–water partition coefficient (Wildman–Crippen LogP) is 1.29. The van der Waals surface area contributed by atoms with Gasteiger partial charge in [-0.25, -0.2) is 0 Å². The van der Waals surface area contributed by atoms with Gasteiger partial charge in [0.15, 0.2) is 6.61 Å². The fourth-order valence-electron chi connectivity index (χ4n) is 2.81. The zero-order valence-electron chi connectivity index (χ0n) is 12.3. The summed E-state index contributed by atoms with van der Waals surface area (Å²) in [7, 11) is 0. The van der Waals surface area contributed by atoms with Crippen molar-refractivity contribution in [3.8, 4) is 5.75 Å². The molecule has 116 valence electrons. The van der Waals surface area contributed by atoms with Crippen molar-refractivity contribution in [2.75, 3.05) is 19.8 Å². The van der Waals surface area contributed by atoms with Crippen LogP contribution in [0.3, 0.4) is 0 Å². The Bertz CT molecular complexity index is 463. The Labute approximate surface area is 125 Å². The molecule has 1 aliphatic rings. The second kappa shape index (κ2) is 8.00. The van der Waals surface area contributed by atoms with Gasteiger partial charge in [-0.1, -0.05) is 18.2 Å². The van der Waals surface area contributed by atoms with Gasteiger partial charge in [0.25, 0.3) is 5.91 Å². The molecular weight excluding hydrogens is 268 g/mol. The first-order chi connectivity index (χ1) is 10.3. The van der Waals surface area contributed by atoms with E-state index >= 15 is 0 Å². The van der Waals surface area contributed by atoms with Crippen molar-refractivity contribution in [1.82, 2.24) is 4.90 Å². The molecule has 1 unspecified atom stereocenters. The zero-order chi connectivity index (χ0) is 15.1. The van der Waals surface area contributed by atoms with Crippen molar-refractivity contribution in [3.63, 3.8) is 0 Å². The third kappa shape index (κ3) is 4.19. The summed E-state index contributed by atoms with van der Waals surface area (Å²) in [5.74, 6) is 0.657. The zero-order valence-corrected chi connectivity index (χ0v) is 12.3. The van der Waals surface area contributed by atoms with Crippen LogP contribution >= 0.6 is 0 Å². The number of aliphatic hydroxyl groups excluding tert-OH is 1. The molecule has 1 aromatic carbocycles. The number of ether oxygens (including phenoxy) is 1. The highest BCUT2D eigenvalue weighted by atomic mass is 16.5. The van der Waals surface area contributed by atoms with Crippen molar-refractivity contribution in [3.05, 3.63) is 29.8 Å². The molecule has 5 nitrogen and oxygen atoms in total. The maximum absolute atomic E-state index is 12.3. The number of nitrogens with zero attached hydrogens (tertiary/aromatic N) is 1. The Kier molecular flexibility index (Phi) is 6.02. The Morgan fingerprint density at radius 2 is 2.19 bits per heavy atom. The third-order valence-electron chi connectivity index (χ3n) is 3.95. The number of amides is 1. The summed E-state index contributed by atoms with van der Waals surface area (Å²) in [5.41, 5.74) is 6.56. The van der Waals surface area contributed by atoms with Crippen molar-refractivity contribution in [1.29, 1.82) is 0 Å². The van der Waals surface area contributed by atoms with Gasteiger partial charge in [-0.3, -0.25) is 4.79 Å². The molecule has 1 aliphatic heterocycles. The number of hydrogen-bond acceptors (Lipinski definition) is 4. The summed E-state index contributed by atoms with van der Waals surface area (Å²) in [6, 6.07) is 7.64. The molecule has 1 amide bonds. The van der Waals surface area contributed by atoms with Gasteiger partial charge in [0.1, 0.15) is 5.75 Å². The van der Waals surface area contributed by atoms with Gasteiger partial charge in [-0.2, -0.15) is 0 Å². The summed E-state index contributed by atoms with van der Waals surface area (Å²) in [6.07, 6.45) is 3.75. The first kappa shape index (κ1) is 15.8. The van der Waals surface area contributed by atoms with Gasteiger partial charge in [0.05, 0.1) is 0 Å². The fourth-order valence-corrected chi connectivity index (χ4v) is 2.81. The van der Waals surface area contributed by atoms with Crippen LogP contribution in [0.25, 0.3) is 0 Å². The van der Waals surface area contributed by atoms with Crippen LogP contribution in [0.15, 0.2) is 24.3 Å². The number of benzene rings is 1. The number of carbonyl (C=O) groups excluding carboxylic acids is 1. The molecule has 1 saturated heterocycles. The Balaban J connectivity index is 1.94. The number of carbonyl (C=O) groups is 1. The number of hydrogen-bond donors (Lipinski definition) is 2. The van der Waals surface area contributed by atoms with Crippen molar-refractivity contribution in [2.24, 2.45) is 5.73 Å². The minimum atomic E-state index is -0.0139. The minimum absolute atomic E-state index is 0.0139. The van der Waals surface area contributed by atoms with E-state index in [4.69, 9.17) is 15.6 Å². The highest BCUT2D eigenvalue weighted by Gasteiger charge is 2.26. The van der Waals surface area contributed by atoms with Gasteiger partial charge in [0, 0.05) is 31.3 Å². The summed E-state index contributed by atoms with van der Waals surface area (Å²) >= 11 is 0. The van der Waals surface area contributed by atoms with Crippen LogP contribution in [-0.4, -0.2) is 41.7 Å². The van der Waals surface area contributed by atoms with E-state index in [0.29, 0.717) is 18.7 Å². The number of piperidine rings is 1.